The largest absolute Gasteiger partial charge is 0.0616 e. The SMILES string of the molecule is c1ccc2c(-c3cccc4c(-c5ccc6c7c-6cccc57)c5ccccc5cc34)cccc2c1. The Kier molecular flexibility index (Phi) is 3.48. The van der Waals surface area contributed by atoms with Crippen LogP contribution in [-0.4, -0.2) is 0 Å². The van der Waals surface area contributed by atoms with Gasteiger partial charge in [0.15, 0.2) is 0 Å². The molecule has 0 amide bonds. The minimum Gasteiger partial charge on any atom is -0.0616 e. The Hall–Kier alpha value is -4.42. The number of hydrogen-bond acceptors (Lipinski definition) is 0. The van der Waals surface area contributed by atoms with Crippen molar-refractivity contribution in [2.45, 2.75) is 0 Å². The lowest BCUT2D eigenvalue weighted by molar-refractivity contribution is 1.69. The molecule has 0 aliphatic heterocycles. The number of hydrogen-bond donors (Lipinski definition) is 0. The summed E-state index contributed by atoms with van der Waals surface area (Å²) < 4.78 is 0. The van der Waals surface area contributed by atoms with Crippen LogP contribution in [0.5, 0.6) is 0 Å². The van der Waals surface area contributed by atoms with Gasteiger partial charge in [-0.2, -0.15) is 0 Å². The van der Waals surface area contributed by atoms with Crippen LogP contribution in [0.2, 0.25) is 0 Å². The molecule has 34 heavy (non-hydrogen) atoms. The Bertz CT molecular complexity index is 1940. The second kappa shape index (κ2) is 6.56. The van der Waals surface area contributed by atoms with E-state index in [4.69, 9.17) is 0 Å². The van der Waals surface area contributed by atoms with Crippen molar-refractivity contribution in [1.82, 2.24) is 0 Å². The molecule has 0 fully saturated rings. The third-order valence-electron chi connectivity index (χ3n) is 7.52. The molecule has 0 N–H and O–H groups in total. The lowest BCUT2D eigenvalue weighted by atomic mass is 9.87. The Labute approximate surface area is 197 Å². The van der Waals surface area contributed by atoms with Crippen LogP contribution in [0.15, 0.2) is 121 Å². The normalized spacial score (nSPS) is 12.1. The molecule has 7 aromatic carbocycles. The summed E-state index contributed by atoms with van der Waals surface area (Å²) in [4.78, 5) is 0. The second-order valence-corrected chi connectivity index (χ2v) is 9.29. The summed E-state index contributed by atoms with van der Waals surface area (Å²) in [6, 6.07) is 44.7. The quantitative estimate of drug-likeness (QED) is 0.240. The van der Waals surface area contributed by atoms with Crippen LogP contribution < -0.4 is 0 Å². The zero-order chi connectivity index (χ0) is 22.2. The van der Waals surface area contributed by atoms with E-state index < -0.39 is 0 Å². The van der Waals surface area contributed by atoms with E-state index in [2.05, 4.69) is 121 Å². The smallest absolute Gasteiger partial charge is 0.00201 e. The Morgan fingerprint density at radius 2 is 0.853 bits per heavy atom. The Balaban J connectivity index is 1.54. The minimum atomic E-state index is 1.28. The average molecular weight is 429 g/mol. The maximum absolute atomic E-state index is 2.38. The summed E-state index contributed by atoms with van der Waals surface area (Å²) in [5.74, 6) is 0. The second-order valence-electron chi connectivity index (χ2n) is 9.29. The van der Waals surface area contributed by atoms with E-state index in [0.29, 0.717) is 0 Å². The first-order valence-corrected chi connectivity index (χ1v) is 11.9. The molecule has 0 heterocycles. The van der Waals surface area contributed by atoms with Gasteiger partial charge in [0, 0.05) is 0 Å². The van der Waals surface area contributed by atoms with Gasteiger partial charge in [0.05, 0.1) is 0 Å². The van der Waals surface area contributed by atoms with Gasteiger partial charge in [-0.1, -0.05) is 115 Å². The monoisotopic (exact) mass is 428 g/mol. The zero-order valence-electron chi connectivity index (χ0n) is 18.5. The van der Waals surface area contributed by atoms with E-state index in [1.165, 1.54) is 76.5 Å². The molecule has 1 aliphatic rings. The van der Waals surface area contributed by atoms with Crippen LogP contribution in [0.4, 0.5) is 0 Å². The van der Waals surface area contributed by atoms with Crippen molar-refractivity contribution >= 4 is 43.1 Å². The van der Waals surface area contributed by atoms with Gasteiger partial charge < -0.3 is 0 Å². The van der Waals surface area contributed by atoms with E-state index >= 15 is 0 Å². The zero-order valence-corrected chi connectivity index (χ0v) is 18.5. The highest BCUT2D eigenvalue weighted by Crippen LogP contribution is 2.51. The number of rotatable bonds is 2. The summed E-state index contributed by atoms with van der Waals surface area (Å²) in [6.07, 6.45) is 0. The molecule has 0 nitrogen and oxygen atoms in total. The predicted molar refractivity (Wildman–Crippen MR) is 146 cm³/mol. The lowest BCUT2D eigenvalue weighted by Crippen LogP contribution is -1.89. The van der Waals surface area contributed by atoms with E-state index in [-0.39, 0.29) is 0 Å². The molecule has 0 aromatic heterocycles. The van der Waals surface area contributed by atoms with Crippen molar-refractivity contribution in [2.75, 3.05) is 0 Å². The highest BCUT2D eigenvalue weighted by Gasteiger charge is 2.24. The molecule has 0 heteroatoms. The fraction of sp³-hybridized carbons (Fsp3) is 0. The van der Waals surface area contributed by atoms with Gasteiger partial charge in [-0.25, -0.2) is 0 Å². The lowest BCUT2D eigenvalue weighted by Gasteiger charge is -2.16. The first-order valence-electron chi connectivity index (χ1n) is 11.9. The van der Waals surface area contributed by atoms with Crippen molar-refractivity contribution in [3.63, 3.8) is 0 Å². The summed E-state index contributed by atoms with van der Waals surface area (Å²) in [6.45, 7) is 0. The highest BCUT2D eigenvalue weighted by molar-refractivity contribution is 6.27. The van der Waals surface area contributed by atoms with Crippen molar-refractivity contribution in [1.29, 1.82) is 0 Å². The first kappa shape index (κ1) is 18.1. The number of fused-ring (bicyclic) bond motifs is 4. The van der Waals surface area contributed by atoms with Gasteiger partial charge in [0.25, 0.3) is 0 Å². The summed E-state index contributed by atoms with van der Waals surface area (Å²) in [5.41, 5.74) is 8.06. The molecule has 156 valence electrons. The maximum Gasteiger partial charge on any atom is -0.00201 e. The van der Waals surface area contributed by atoms with Gasteiger partial charge in [0.1, 0.15) is 0 Å². The average Bonchev–Trinajstić information content (AvgIpc) is 3.62. The third-order valence-corrected chi connectivity index (χ3v) is 7.52. The van der Waals surface area contributed by atoms with E-state index in [1.807, 2.05) is 0 Å². The van der Waals surface area contributed by atoms with Crippen molar-refractivity contribution in [2.24, 2.45) is 0 Å². The molecule has 0 saturated heterocycles. The molecule has 0 spiro atoms. The van der Waals surface area contributed by atoms with Crippen molar-refractivity contribution < 1.29 is 0 Å². The summed E-state index contributed by atoms with van der Waals surface area (Å²) >= 11 is 0. The van der Waals surface area contributed by atoms with E-state index in [9.17, 15) is 0 Å². The third kappa shape index (κ3) is 2.37. The van der Waals surface area contributed by atoms with E-state index in [0.717, 1.165) is 0 Å². The van der Waals surface area contributed by atoms with E-state index in [1.54, 1.807) is 0 Å². The highest BCUT2D eigenvalue weighted by atomic mass is 14.3. The van der Waals surface area contributed by atoms with Gasteiger partial charge in [0.2, 0.25) is 0 Å². The van der Waals surface area contributed by atoms with Gasteiger partial charge in [-0.05, 0) is 82.5 Å². The van der Waals surface area contributed by atoms with Crippen molar-refractivity contribution in [3.8, 4) is 33.4 Å². The summed E-state index contributed by atoms with van der Waals surface area (Å²) in [7, 11) is 0. The topological polar surface area (TPSA) is 0 Å². The first-order chi connectivity index (χ1) is 16.9. The Morgan fingerprint density at radius 1 is 0.294 bits per heavy atom. The molecule has 7 aromatic rings. The standard InChI is InChI=1S/C34H20/c1-3-11-23-21(8-1)10-5-13-25(23)26-14-6-17-29-32(26)20-22-9-2-4-12-24(22)33(29)30-18-19-31-28-16-7-15-27(30)34(28)31/h1-20H. The van der Waals surface area contributed by atoms with Gasteiger partial charge in [-0.15, -0.1) is 0 Å². The molecule has 8 rings (SSSR count). The molecule has 0 unspecified atom stereocenters. The number of benzene rings is 7. The molecule has 1 aliphatic carbocycles. The van der Waals surface area contributed by atoms with Gasteiger partial charge in [-0.3, -0.25) is 0 Å². The van der Waals surface area contributed by atoms with Crippen molar-refractivity contribution in [3.05, 3.63) is 121 Å². The maximum atomic E-state index is 2.38. The Morgan fingerprint density at radius 3 is 1.74 bits per heavy atom. The van der Waals surface area contributed by atoms with Crippen LogP contribution in [0.25, 0.3) is 76.5 Å². The van der Waals surface area contributed by atoms with Crippen LogP contribution in [-0.2, 0) is 0 Å². The molecular weight excluding hydrogens is 408 g/mol. The fourth-order valence-electron chi connectivity index (χ4n) is 5.95. The fourth-order valence-corrected chi connectivity index (χ4v) is 5.95. The summed E-state index contributed by atoms with van der Waals surface area (Å²) in [5, 5.41) is 10.6. The molecule has 0 atom stereocenters. The minimum absolute atomic E-state index is 1.28. The molecular formula is C34H20. The predicted octanol–water partition coefficient (Wildman–Crippen LogP) is 9.61. The van der Waals surface area contributed by atoms with Crippen LogP contribution >= 0.6 is 0 Å². The van der Waals surface area contributed by atoms with Crippen LogP contribution in [0.1, 0.15) is 0 Å². The van der Waals surface area contributed by atoms with Gasteiger partial charge >= 0.3 is 0 Å². The van der Waals surface area contributed by atoms with Crippen LogP contribution in [0, 0.1) is 0 Å². The molecule has 0 radical (unpaired) electrons. The molecule has 0 bridgehead atoms. The molecule has 0 saturated carbocycles. The van der Waals surface area contributed by atoms with Crippen LogP contribution in [0.3, 0.4) is 0 Å².